The first-order valence-electron chi connectivity index (χ1n) is 12.8. The lowest BCUT2D eigenvalue weighted by molar-refractivity contribution is -0.309. The quantitative estimate of drug-likeness (QED) is 0.161. The van der Waals surface area contributed by atoms with Crippen molar-refractivity contribution in [3.05, 3.63) is 36.5 Å². The Morgan fingerprint density at radius 3 is 2.15 bits per heavy atom. The van der Waals surface area contributed by atoms with E-state index < -0.39 is 30.7 Å². The number of unbranched alkanes of at least 4 members (excludes halogenated alkanes) is 5. The number of carbonyl (C=O) groups is 1. The van der Waals surface area contributed by atoms with E-state index in [2.05, 4.69) is 43.4 Å². The summed E-state index contributed by atoms with van der Waals surface area (Å²) in [7, 11) is 0. The first-order chi connectivity index (χ1) is 16.4. The highest BCUT2D eigenvalue weighted by molar-refractivity contribution is 5.69. The smallest absolute Gasteiger partial charge is 0.305 e. The zero-order chi connectivity index (χ0) is 25.2. The number of hydrogen-bond acceptors (Lipinski definition) is 7. The molecule has 0 radical (unpaired) electrons. The fraction of sp³-hybridized carbons (Fsp3) is 0.741. The number of hydrogen-bond donors (Lipinski definition) is 3. The Bertz CT molecular complexity index is 614. The van der Waals surface area contributed by atoms with Crippen LogP contribution < -0.4 is 0 Å². The molecule has 0 aromatic rings. The molecule has 0 amide bonds. The lowest BCUT2D eigenvalue weighted by Crippen LogP contribution is -2.59. The van der Waals surface area contributed by atoms with Crippen molar-refractivity contribution in [1.29, 1.82) is 0 Å². The molecular weight excluding hydrogens is 436 g/mol. The van der Waals surface area contributed by atoms with Gasteiger partial charge in [-0.2, -0.15) is 0 Å². The maximum Gasteiger partial charge on any atom is 0.305 e. The predicted molar refractivity (Wildman–Crippen MR) is 133 cm³/mol. The second-order valence-electron chi connectivity index (χ2n) is 8.98. The minimum Gasteiger partial charge on any atom is -0.463 e. The molecule has 1 aliphatic rings. The molecule has 0 saturated carbocycles. The molecular formula is C27H46O7. The van der Waals surface area contributed by atoms with E-state index in [-0.39, 0.29) is 18.7 Å². The number of aliphatic hydroxyl groups excluding tert-OH is 3. The van der Waals surface area contributed by atoms with Crippen LogP contribution >= 0.6 is 0 Å². The van der Waals surface area contributed by atoms with Crippen molar-refractivity contribution in [1.82, 2.24) is 0 Å². The average molecular weight is 483 g/mol. The molecule has 3 N–H and O–H groups in total. The summed E-state index contributed by atoms with van der Waals surface area (Å²) in [5.41, 5.74) is 0. The lowest BCUT2D eigenvalue weighted by Gasteiger charge is -2.40. The maximum atomic E-state index is 12.0. The minimum atomic E-state index is -1.43. The van der Waals surface area contributed by atoms with E-state index >= 15 is 0 Å². The van der Waals surface area contributed by atoms with Crippen molar-refractivity contribution < 1.29 is 34.3 Å². The van der Waals surface area contributed by atoms with Crippen LogP contribution in [0.3, 0.4) is 0 Å². The Morgan fingerprint density at radius 1 is 0.853 bits per heavy atom. The van der Waals surface area contributed by atoms with Gasteiger partial charge in [-0.15, -0.1) is 0 Å². The number of carbonyl (C=O) groups excluding carboxylic acids is 1. The first-order valence-corrected chi connectivity index (χ1v) is 12.8. The van der Waals surface area contributed by atoms with E-state index in [0.29, 0.717) is 6.42 Å². The van der Waals surface area contributed by atoms with Gasteiger partial charge >= 0.3 is 5.97 Å². The predicted octanol–water partition coefficient (Wildman–Crippen LogP) is 4.35. The molecule has 0 unspecified atom stereocenters. The van der Waals surface area contributed by atoms with Gasteiger partial charge in [0.15, 0.2) is 6.29 Å². The Balaban J connectivity index is 2.08. The SMILES string of the molecule is CCC=CCC=CCC=CCCCCCCCC(=O)OC[C@H]1O[C@H](OC(C)C)[C@H](O)[C@@H](O)[C@@H]1O. The van der Waals surface area contributed by atoms with Crippen LogP contribution in [0.1, 0.15) is 85.0 Å². The van der Waals surface area contributed by atoms with Gasteiger partial charge in [0.25, 0.3) is 0 Å². The summed E-state index contributed by atoms with van der Waals surface area (Å²) < 4.78 is 16.1. The Kier molecular flexibility index (Phi) is 16.9. The zero-order valence-electron chi connectivity index (χ0n) is 21.2. The monoisotopic (exact) mass is 482 g/mol. The van der Waals surface area contributed by atoms with E-state index in [0.717, 1.165) is 57.8 Å². The summed E-state index contributed by atoms with van der Waals surface area (Å²) in [5.74, 6) is -0.362. The van der Waals surface area contributed by atoms with E-state index in [1.807, 2.05) is 0 Å². The fourth-order valence-corrected chi connectivity index (χ4v) is 3.57. The van der Waals surface area contributed by atoms with Crippen molar-refractivity contribution in [3.63, 3.8) is 0 Å². The van der Waals surface area contributed by atoms with Gasteiger partial charge in [0, 0.05) is 6.42 Å². The molecule has 5 atom stereocenters. The van der Waals surface area contributed by atoms with Crippen molar-refractivity contribution in [2.75, 3.05) is 6.61 Å². The molecule has 1 rings (SSSR count). The Morgan fingerprint density at radius 2 is 1.47 bits per heavy atom. The normalized spacial score (nSPS) is 25.8. The van der Waals surface area contributed by atoms with Crippen molar-refractivity contribution >= 4 is 5.97 Å². The molecule has 1 saturated heterocycles. The number of esters is 1. The first kappa shape index (κ1) is 30.5. The van der Waals surface area contributed by atoms with Crippen LogP contribution in [0.25, 0.3) is 0 Å². The fourth-order valence-electron chi connectivity index (χ4n) is 3.57. The van der Waals surface area contributed by atoms with Crippen molar-refractivity contribution in [3.8, 4) is 0 Å². The third-order valence-electron chi connectivity index (χ3n) is 5.52. The maximum absolute atomic E-state index is 12.0. The third-order valence-corrected chi connectivity index (χ3v) is 5.52. The third kappa shape index (κ3) is 13.4. The molecule has 7 nitrogen and oxygen atoms in total. The van der Waals surface area contributed by atoms with Crippen LogP contribution in [0.2, 0.25) is 0 Å². The molecule has 0 spiro atoms. The molecule has 1 aliphatic heterocycles. The molecule has 7 heteroatoms. The van der Waals surface area contributed by atoms with E-state index in [1.165, 1.54) is 0 Å². The van der Waals surface area contributed by atoms with Crippen LogP contribution in [-0.4, -0.2) is 64.7 Å². The molecule has 1 fully saturated rings. The van der Waals surface area contributed by atoms with Crippen molar-refractivity contribution in [2.24, 2.45) is 0 Å². The topological polar surface area (TPSA) is 105 Å². The van der Waals surface area contributed by atoms with Gasteiger partial charge < -0.3 is 29.5 Å². The highest BCUT2D eigenvalue weighted by Gasteiger charge is 2.45. The zero-order valence-corrected chi connectivity index (χ0v) is 21.2. The van der Waals surface area contributed by atoms with Gasteiger partial charge in [-0.05, 0) is 52.4 Å². The standard InChI is InChI=1S/C27H46O7/c1-4-5-6-7-8-9-10-11-12-13-14-15-16-17-18-19-23(28)32-20-22-24(29)25(30)26(31)27(34-22)33-21(2)3/h5-6,8-9,11-12,21-22,24-27,29-31H,4,7,10,13-20H2,1-3H3/t22-,24-,25+,26-,27+/m1/s1. The highest BCUT2D eigenvalue weighted by Crippen LogP contribution is 2.23. The van der Waals surface area contributed by atoms with Gasteiger partial charge in [-0.1, -0.05) is 62.6 Å². The van der Waals surface area contributed by atoms with E-state index in [1.54, 1.807) is 13.8 Å². The van der Waals surface area contributed by atoms with Crippen LogP contribution in [-0.2, 0) is 19.0 Å². The average Bonchev–Trinajstić information content (AvgIpc) is 2.80. The number of rotatable bonds is 17. The van der Waals surface area contributed by atoms with E-state index in [4.69, 9.17) is 14.2 Å². The summed E-state index contributed by atoms with van der Waals surface area (Å²) in [5, 5.41) is 30.1. The highest BCUT2D eigenvalue weighted by atomic mass is 16.7. The summed E-state index contributed by atoms with van der Waals surface area (Å²) in [4.78, 5) is 12.0. The van der Waals surface area contributed by atoms with Crippen LogP contribution in [0.15, 0.2) is 36.5 Å². The molecule has 34 heavy (non-hydrogen) atoms. The molecule has 0 bridgehead atoms. The summed E-state index contributed by atoms with van der Waals surface area (Å²) in [6, 6.07) is 0. The van der Waals surface area contributed by atoms with Crippen LogP contribution in [0, 0.1) is 0 Å². The molecule has 0 aromatic heterocycles. The number of allylic oxidation sites excluding steroid dienone is 6. The van der Waals surface area contributed by atoms with Gasteiger partial charge in [-0.25, -0.2) is 0 Å². The number of aliphatic hydroxyl groups is 3. The molecule has 0 aromatic carbocycles. The van der Waals surface area contributed by atoms with Crippen LogP contribution in [0.4, 0.5) is 0 Å². The number of ether oxygens (including phenoxy) is 3. The van der Waals surface area contributed by atoms with Crippen LogP contribution in [0.5, 0.6) is 0 Å². The van der Waals surface area contributed by atoms with Gasteiger partial charge in [0.05, 0.1) is 6.10 Å². The summed E-state index contributed by atoms with van der Waals surface area (Å²) in [6.45, 7) is 5.48. The van der Waals surface area contributed by atoms with Gasteiger partial charge in [-0.3, -0.25) is 4.79 Å². The molecule has 1 heterocycles. The second kappa shape index (κ2) is 18.8. The molecule has 196 valence electrons. The summed E-state index contributed by atoms with van der Waals surface area (Å²) in [6.07, 6.45) is 16.3. The Labute approximate surface area is 205 Å². The Hall–Kier alpha value is -1.51. The second-order valence-corrected chi connectivity index (χ2v) is 8.98. The molecule has 0 aliphatic carbocycles. The minimum absolute atomic E-state index is 0.196. The van der Waals surface area contributed by atoms with Crippen molar-refractivity contribution in [2.45, 2.75) is 122 Å². The van der Waals surface area contributed by atoms with Gasteiger partial charge in [0.2, 0.25) is 0 Å². The largest absolute Gasteiger partial charge is 0.463 e. The van der Waals surface area contributed by atoms with Gasteiger partial charge in [0.1, 0.15) is 31.0 Å². The summed E-state index contributed by atoms with van der Waals surface area (Å²) >= 11 is 0. The van der Waals surface area contributed by atoms with E-state index in [9.17, 15) is 20.1 Å². The lowest BCUT2D eigenvalue weighted by atomic mass is 9.99.